The number of unbranched alkanes of at least 4 members (excludes halogenated alkanes) is 9. The van der Waals surface area contributed by atoms with Gasteiger partial charge in [0.15, 0.2) is 11.5 Å². The maximum absolute atomic E-state index is 13.5. The van der Waals surface area contributed by atoms with Gasteiger partial charge in [-0.25, -0.2) is 9.97 Å². The Morgan fingerprint density at radius 2 is 1.56 bits per heavy atom. The van der Waals surface area contributed by atoms with E-state index in [0.717, 1.165) is 35.0 Å². The SMILES string of the molecule is CCCCCCCCCCCCn1nnc(C(C(=O)Nc2ccc3c(C)cc(C)nc3n2)c2ccccc2)n1. The molecule has 1 unspecified atom stereocenters. The highest BCUT2D eigenvalue weighted by Gasteiger charge is 2.28. The van der Waals surface area contributed by atoms with Crippen molar-refractivity contribution in [2.24, 2.45) is 0 Å². The third-order valence-corrected chi connectivity index (χ3v) is 7.09. The van der Waals surface area contributed by atoms with E-state index in [0.29, 0.717) is 23.8 Å². The van der Waals surface area contributed by atoms with Crippen LogP contribution in [0.25, 0.3) is 11.0 Å². The predicted molar refractivity (Wildman–Crippen MR) is 156 cm³/mol. The molecule has 0 spiro atoms. The molecular formula is C31H41N7O. The van der Waals surface area contributed by atoms with Crippen molar-refractivity contribution < 1.29 is 4.79 Å². The molecule has 0 aliphatic rings. The predicted octanol–water partition coefficient (Wildman–Crippen LogP) is 6.92. The van der Waals surface area contributed by atoms with E-state index in [-0.39, 0.29) is 5.91 Å². The van der Waals surface area contributed by atoms with Crippen LogP contribution in [0.3, 0.4) is 0 Å². The fourth-order valence-electron chi connectivity index (χ4n) is 4.97. The number of anilines is 1. The topological polar surface area (TPSA) is 98.5 Å². The van der Waals surface area contributed by atoms with E-state index in [1.54, 1.807) is 4.80 Å². The third kappa shape index (κ3) is 8.15. The number of nitrogens with zero attached hydrogens (tertiary/aromatic N) is 6. The van der Waals surface area contributed by atoms with Gasteiger partial charge in [0.05, 0.1) is 6.54 Å². The number of aromatic nitrogens is 6. The Morgan fingerprint density at radius 3 is 2.28 bits per heavy atom. The maximum atomic E-state index is 13.5. The number of fused-ring (bicyclic) bond motifs is 1. The van der Waals surface area contributed by atoms with E-state index in [4.69, 9.17) is 0 Å². The smallest absolute Gasteiger partial charge is 0.240 e. The molecule has 0 radical (unpaired) electrons. The van der Waals surface area contributed by atoms with Crippen molar-refractivity contribution in [3.8, 4) is 0 Å². The minimum atomic E-state index is -0.697. The van der Waals surface area contributed by atoms with Crippen molar-refractivity contribution in [1.82, 2.24) is 30.2 Å². The molecule has 1 N–H and O–H groups in total. The molecule has 39 heavy (non-hydrogen) atoms. The van der Waals surface area contributed by atoms with Gasteiger partial charge in [0.2, 0.25) is 5.91 Å². The average Bonchev–Trinajstić information content (AvgIpc) is 3.38. The molecule has 0 fully saturated rings. The number of tetrazole rings is 1. The first kappa shape index (κ1) is 28.3. The van der Waals surface area contributed by atoms with Crippen LogP contribution in [-0.2, 0) is 11.3 Å². The number of carbonyl (C=O) groups excluding carboxylic acids is 1. The molecule has 4 rings (SSSR count). The molecule has 0 bridgehead atoms. The van der Waals surface area contributed by atoms with E-state index in [1.165, 1.54) is 51.4 Å². The number of nitrogens with one attached hydrogen (secondary N) is 1. The van der Waals surface area contributed by atoms with Gasteiger partial charge in [-0.3, -0.25) is 4.79 Å². The zero-order valence-electron chi connectivity index (χ0n) is 23.6. The van der Waals surface area contributed by atoms with Crippen molar-refractivity contribution in [3.05, 3.63) is 71.2 Å². The van der Waals surface area contributed by atoms with Crippen LogP contribution in [-0.4, -0.2) is 36.1 Å². The Bertz CT molecular complexity index is 1340. The molecule has 0 aliphatic heterocycles. The highest BCUT2D eigenvalue weighted by atomic mass is 16.2. The van der Waals surface area contributed by atoms with Crippen molar-refractivity contribution in [1.29, 1.82) is 0 Å². The van der Waals surface area contributed by atoms with E-state index >= 15 is 0 Å². The lowest BCUT2D eigenvalue weighted by Gasteiger charge is -2.14. The highest BCUT2D eigenvalue weighted by molar-refractivity contribution is 5.97. The molecule has 0 saturated heterocycles. The number of hydrogen-bond donors (Lipinski definition) is 1. The Labute approximate surface area is 231 Å². The lowest BCUT2D eigenvalue weighted by atomic mass is 9.97. The van der Waals surface area contributed by atoms with Gasteiger partial charge in [0, 0.05) is 11.1 Å². The molecule has 3 aromatic heterocycles. The monoisotopic (exact) mass is 527 g/mol. The van der Waals surface area contributed by atoms with Gasteiger partial charge < -0.3 is 5.32 Å². The van der Waals surface area contributed by atoms with Crippen LogP contribution >= 0.6 is 0 Å². The van der Waals surface area contributed by atoms with Crippen LogP contribution in [0, 0.1) is 13.8 Å². The second-order valence-electron chi connectivity index (χ2n) is 10.4. The lowest BCUT2D eigenvalue weighted by Crippen LogP contribution is -2.24. The third-order valence-electron chi connectivity index (χ3n) is 7.09. The van der Waals surface area contributed by atoms with Crippen molar-refractivity contribution in [3.63, 3.8) is 0 Å². The first-order chi connectivity index (χ1) is 19.0. The zero-order chi connectivity index (χ0) is 27.5. The summed E-state index contributed by atoms with van der Waals surface area (Å²) in [5.41, 5.74) is 3.41. The second-order valence-corrected chi connectivity index (χ2v) is 10.4. The van der Waals surface area contributed by atoms with Crippen LogP contribution in [0.2, 0.25) is 0 Å². The standard InChI is InChI=1S/C31H41N7O/c1-4-5-6-7-8-9-10-11-12-16-21-38-36-30(35-37-38)28(25-17-14-13-15-18-25)31(39)34-27-20-19-26-23(2)22-24(3)32-29(26)33-27/h13-15,17-20,22,28H,4-12,16,21H2,1-3H3,(H,32,33,34,39). The first-order valence-corrected chi connectivity index (χ1v) is 14.4. The number of benzene rings is 1. The summed E-state index contributed by atoms with van der Waals surface area (Å²) in [6.45, 7) is 6.93. The lowest BCUT2D eigenvalue weighted by molar-refractivity contribution is -0.116. The molecule has 3 heterocycles. The summed E-state index contributed by atoms with van der Waals surface area (Å²) in [6, 6.07) is 15.3. The average molecular weight is 528 g/mol. The van der Waals surface area contributed by atoms with Gasteiger partial charge in [-0.2, -0.15) is 4.80 Å². The molecule has 0 saturated carbocycles. The summed E-state index contributed by atoms with van der Waals surface area (Å²) in [4.78, 5) is 24.3. The fourth-order valence-corrected chi connectivity index (χ4v) is 4.97. The fraction of sp³-hybridized carbons (Fsp3) is 0.484. The number of hydrogen-bond acceptors (Lipinski definition) is 6. The molecule has 8 nitrogen and oxygen atoms in total. The largest absolute Gasteiger partial charge is 0.310 e. The van der Waals surface area contributed by atoms with Gasteiger partial charge in [-0.1, -0.05) is 95.0 Å². The molecule has 1 amide bonds. The van der Waals surface area contributed by atoms with Crippen LogP contribution in [0.5, 0.6) is 0 Å². The molecule has 0 aliphatic carbocycles. The Kier molecular flexibility index (Phi) is 10.5. The molecule has 206 valence electrons. The quantitative estimate of drug-likeness (QED) is 0.168. The van der Waals surface area contributed by atoms with Crippen molar-refractivity contribution in [2.75, 3.05) is 5.32 Å². The van der Waals surface area contributed by atoms with Gasteiger partial charge in [-0.15, -0.1) is 10.2 Å². The van der Waals surface area contributed by atoms with Crippen LogP contribution in [0.4, 0.5) is 5.82 Å². The summed E-state index contributed by atoms with van der Waals surface area (Å²) >= 11 is 0. The van der Waals surface area contributed by atoms with E-state index in [1.807, 2.05) is 62.4 Å². The van der Waals surface area contributed by atoms with Crippen LogP contribution in [0.15, 0.2) is 48.5 Å². The highest BCUT2D eigenvalue weighted by Crippen LogP contribution is 2.24. The first-order valence-electron chi connectivity index (χ1n) is 14.4. The van der Waals surface area contributed by atoms with Crippen LogP contribution < -0.4 is 5.32 Å². The molecule has 4 aromatic rings. The second kappa shape index (κ2) is 14.5. The van der Waals surface area contributed by atoms with Crippen molar-refractivity contribution in [2.45, 2.75) is 97.4 Å². The number of carbonyl (C=O) groups is 1. The van der Waals surface area contributed by atoms with Crippen LogP contribution in [0.1, 0.15) is 99.7 Å². The Hall–Kier alpha value is -3.68. The van der Waals surface area contributed by atoms with Crippen molar-refractivity contribution >= 4 is 22.8 Å². The summed E-state index contributed by atoms with van der Waals surface area (Å²) in [5, 5.41) is 17.1. The van der Waals surface area contributed by atoms with E-state index in [2.05, 4.69) is 37.6 Å². The van der Waals surface area contributed by atoms with E-state index < -0.39 is 5.92 Å². The number of aryl methyl sites for hydroxylation is 3. The van der Waals surface area contributed by atoms with Gasteiger partial charge in [0.25, 0.3) is 0 Å². The van der Waals surface area contributed by atoms with E-state index in [9.17, 15) is 4.79 Å². The molecule has 1 atom stereocenters. The summed E-state index contributed by atoms with van der Waals surface area (Å²) in [7, 11) is 0. The van der Waals surface area contributed by atoms with Gasteiger partial charge in [0.1, 0.15) is 11.7 Å². The minimum absolute atomic E-state index is 0.254. The number of pyridine rings is 2. The molecule has 1 aromatic carbocycles. The Morgan fingerprint density at radius 1 is 0.872 bits per heavy atom. The minimum Gasteiger partial charge on any atom is -0.310 e. The molecule has 8 heteroatoms. The number of rotatable bonds is 15. The maximum Gasteiger partial charge on any atom is 0.240 e. The number of amides is 1. The normalized spacial score (nSPS) is 12.1. The zero-order valence-corrected chi connectivity index (χ0v) is 23.6. The summed E-state index contributed by atoms with van der Waals surface area (Å²) in [5.74, 6) is -0.117. The van der Waals surface area contributed by atoms with Gasteiger partial charge >= 0.3 is 0 Å². The Balaban J connectivity index is 1.37. The van der Waals surface area contributed by atoms with Gasteiger partial charge in [-0.05, 0) is 54.8 Å². The summed E-state index contributed by atoms with van der Waals surface area (Å²) < 4.78 is 0. The molecular weight excluding hydrogens is 486 g/mol. The summed E-state index contributed by atoms with van der Waals surface area (Å²) in [6.07, 6.45) is 12.7.